The largest absolute Gasteiger partial charge is 0.320 e. The summed E-state index contributed by atoms with van der Waals surface area (Å²) in [6.45, 7) is 4.93. The molecule has 15 heavy (non-hydrogen) atoms. The monoisotopic (exact) mass is 210 g/mol. The summed E-state index contributed by atoms with van der Waals surface area (Å²) in [4.78, 5) is 2.80. The zero-order valence-electron chi connectivity index (χ0n) is 10.3. The first-order valence-electron chi connectivity index (χ1n) is 6.73. The summed E-state index contributed by atoms with van der Waals surface area (Å²) in [5.74, 6) is 1.04. The molecule has 2 rings (SSSR count). The second-order valence-corrected chi connectivity index (χ2v) is 5.38. The van der Waals surface area contributed by atoms with Crippen molar-refractivity contribution in [2.75, 3.05) is 20.1 Å². The van der Waals surface area contributed by atoms with Gasteiger partial charge in [-0.3, -0.25) is 4.90 Å². The first-order chi connectivity index (χ1) is 7.33. The van der Waals surface area contributed by atoms with Crippen molar-refractivity contribution < 1.29 is 0 Å². The van der Waals surface area contributed by atoms with Gasteiger partial charge in [0.1, 0.15) is 0 Å². The maximum atomic E-state index is 3.27. The van der Waals surface area contributed by atoms with E-state index in [1.165, 1.54) is 45.1 Å². The fourth-order valence-corrected chi connectivity index (χ4v) is 3.56. The third kappa shape index (κ3) is 2.54. The van der Waals surface area contributed by atoms with Gasteiger partial charge in [-0.15, -0.1) is 0 Å². The Balaban J connectivity index is 1.89. The third-order valence-corrected chi connectivity index (χ3v) is 4.41. The van der Waals surface area contributed by atoms with Gasteiger partial charge in [0.2, 0.25) is 0 Å². The second kappa shape index (κ2) is 5.31. The molecule has 0 radical (unpaired) electrons. The average Bonchev–Trinajstić information content (AvgIpc) is 2.73. The molecular weight excluding hydrogens is 184 g/mol. The Morgan fingerprint density at radius 1 is 1.27 bits per heavy atom. The number of nitrogens with zero attached hydrogens (tertiary/aromatic N) is 1. The molecule has 1 aliphatic heterocycles. The molecule has 1 aliphatic carbocycles. The van der Waals surface area contributed by atoms with Crippen LogP contribution in [0.2, 0.25) is 0 Å². The maximum absolute atomic E-state index is 3.27. The van der Waals surface area contributed by atoms with Crippen LogP contribution in [0.4, 0.5) is 0 Å². The van der Waals surface area contributed by atoms with Gasteiger partial charge in [0, 0.05) is 12.1 Å². The smallest absolute Gasteiger partial charge is 0.0126 e. The summed E-state index contributed by atoms with van der Waals surface area (Å²) in [7, 11) is 2.06. The minimum atomic E-state index is 0.781. The molecule has 0 aromatic carbocycles. The van der Waals surface area contributed by atoms with Crippen molar-refractivity contribution >= 4 is 0 Å². The van der Waals surface area contributed by atoms with Gasteiger partial charge in [-0.25, -0.2) is 0 Å². The van der Waals surface area contributed by atoms with Crippen LogP contribution in [0, 0.1) is 5.92 Å². The molecule has 1 heterocycles. The van der Waals surface area contributed by atoms with E-state index in [-0.39, 0.29) is 0 Å². The molecule has 0 amide bonds. The summed E-state index contributed by atoms with van der Waals surface area (Å²) in [6.07, 6.45) is 8.68. The van der Waals surface area contributed by atoms with Gasteiger partial charge in [-0.1, -0.05) is 6.42 Å². The fourth-order valence-electron chi connectivity index (χ4n) is 3.56. The third-order valence-electron chi connectivity index (χ3n) is 4.41. The van der Waals surface area contributed by atoms with Crippen molar-refractivity contribution in [1.29, 1.82) is 0 Å². The van der Waals surface area contributed by atoms with E-state index in [4.69, 9.17) is 0 Å². The SMILES string of the molecule is CNCCC(C)N1CCCC2CCCC21. The lowest BCUT2D eigenvalue weighted by molar-refractivity contribution is 0.0712. The summed E-state index contributed by atoms with van der Waals surface area (Å²) >= 11 is 0. The lowest BCUT2D eigenvalue weighted by Crippen LogP contribution is -2.48. The fraction of sp³-hybridized carbons (Fsp3) is 1.00. The Hall–Kier alpha value is -0.0800. The highest BCUT2D eigenvalue weighted by atomic mass is 15.2. The van der Waals surface area contributed by atoms with Gasteiger partial charge in [0.25, 0.3) is 0 Å². The molecule has 1 saturated carbocycles. The van der Waals surface area contributed by atoms with Crippen LogP contribution in [0.1, 0.15) is 45.4 Å². The number of fused-ring (bicyclic) bond motifs is 1. The van der Waals surface area contributed by atoms with Crippen LogP contribution < -0.4 is 5.32 Å². The lowest BCUT2D eigenvalue weighted by Gasteiger charge is -2.41. The quantitative estimate of drug-likeness (QED) is 0.765. The molecule has 0 bridgehead atoms. The second-order valence-electron chi connectivity index (χ2n) is 5.38. The molecule has 2 nitrogen and oxygen atoms in total. The van der Waals surface area contributed by atoms with Crippen molar-refractivity contribution in [3.8, 4) is 0 Å². The van der Waals surface area contributed by atoms with E-state index in [1.807, 2.05) is 0 Å². The predicted octanol–water partition coefficient (Wildman–Crippen LogP) is 2.25. The Bertz CT molecular complexity index is 193. The van der Waals surface area contributed by atoms with E-state index in [0.29, 0.717) is 0 Å². The Labute approximate surface area is 94.4 Å². The van der Waals surface area contributed by atoms with Crippen LogP contribution in [0.5, 0.6) is 0 Å². The van der Waals surface area contributed by atoms with Gasteiger partial charge in [-0.05, 0) is 65.1 Å². The zero-order chi connectivity index (χ0) is 10.7. The van der Waals surface area contributed by atoms with Crippen molar-refractivity contribution in [1.82, 2.24) is 10.2 Å². The molecule has 2 heteroatoms. The molecule has 88 valence electrons. The number of hydrogen-bond donors (Lipinski definition) is 1. The van der Waals surface area contributed by atoms with Gasteiger partial charge in [0.15, 0.2) is 0 Å². The first kappa shape index (κ1) is 11.4. The van der Waals surface area contributed by atoms with E-state index in [1.54, 1.807) is 0 Å². The van der Waals surface area contributed by atoms with Crippen molar-refractivity contribution in [2.24, 2.45) is 5.92 Å². The topological polar surface area (TPSA) is 15.3 Å². The molecule has 1 saturated heterocycles. The highest BCUT2D eigenvalue weighted by Gasteiger charge is 2.36. The van der Waals surface area contributed by atoms with Crippen LogP contribution >= 0.6 is 0 Å². The van der Waals surface area contributed by atoms with E-state index in [9.17, 15) is 0 Å². The Morgan fingerprint density at radius 3 is 2.87 bits per heavy atom. The maximum Gasteiger partial charge on any atom is 0.0126 e. The molecule has 3 atom stereocenters. The minimum absolute atomic E-state index is 0.781. The average molecular weight is 210 g/mol. The number of rotatable bonds is 4. The van der Waals surface area contributed by atoms with E-state index in [0.717, 1.165) is 24.5 Å². The van der Waals surface area contributed by atoms with E-state index < -0.39 is 0 Å². The summed E-state index contributed by atoms with van der Waals surface area (Å²) in [5, 5.41) is 3.27. The van der Waals surface area contributed by atoms with Crippen LogP contribution in [0.25, 0.3) is 0 Å². The van der Waals surface area contributed by atoms with Crippen LogP contribution in [0.3, 0.4) is 0 Å². The number of hydrogen-bond acceptors (Lipinski definition) is 2. The van der Waals surface area contributed by atoms with Gasteiger partial charge in [0.05, 0.1) is 0 Å². The summed E-state index contributed by atoms with van der Waals surface area (Å²) in [6, 6.07) is 1.72. The number of nitrogens with one attached hydrogen (secondary N) is 1. The van der Waals surface area contributed by atoms with Crippen molar-refractivity contribution in [3.05, 3.63) is 0 Å². The zero-order valence-corrected chi connectivity index (χ0v) is 10.3. The molecule has 3 unspecified atom stereocenters. The summed E-state index contributed by atoms with van der Waals surface area (Å²) in [5.41, 5.74) is 0. The van der Waals surface area contributed by atoms with E-state index in [2.05, 4.69) is 24.2 Å². The Morgan fingerprint density at radius 2 is 2.07 bits per heavy atom. The summed E-state index contributed by atoms with van der Waals surface area (Å²) < 4.78 is 0. The molecule has 0 aromatic rings. The normalized spacial score (nSPS) is 34.0. The molecule has 1 N–H and O–H groups in total. The lowest BCUT2D eigenvalue weighted by atomic mass is 9.90. The van der Waals surface area contributed by atoms with Crippen molar-refractivity contribution in [3.63, 3.8) is 0 Å². The highest BCUT2D eigenvalue weighted by Crippen LogP contribution is 2.37. The molecule has 2 fully saturated rings. The standard InChI is InChI=1S/C13H26N2/c1-11(8-9-14-2)15-10-4-6-12-5-3-7-13(12)15/h11-14H,3-10H2,1-2H3. The van der Waals surface area contributed by atoms with Crippen LogP contribution in [-0.4, -0.2) is 37.1 Å². The Kier molecular flexibility index (Phi) is 4.04. The molecule has 0 aromatic heterocycles. The highest BCUT2D eigenvalue weighted by molar-refractivity contribution is 4.91. The van der Waals surface area contributed by atoms with Gasteiger partial charge < -0.3 is 5.32 Å². The minimum Gasteiger partial charge on any atom is -0.320 e. The number of likely N-dealkylation sites (tertiary alicyclic amines) is 1. The van der Waals surface area contributed by atoms with E-state index >= 15 is 0 Å². The molecule has 2 aliphatic rings. The predicted molar refractivity (Wildman–Crippen MR) is 65.1 cm³/mol. The number of piperidine rings is 1. The van der Waals surface area contributed by atoms with Gasteiger partial charge in [-0.2, -0.15) is 0 Å². The molecular formula is C13H26N2. The van der Waals surface area contributed by atoms with Crippen LogP contribution in [-0.2, 0) is 0 Å². The molecule has 0 spiro atoms. The van der Waals surface area contributed by atoms with Gasteiger partial charge >= 0.3 is 0 Å². The first-order valence-corrected chi connectivity index (χ1v) is 6.73. The van der Waals surface area contributed by atoms with Crippen LogP contribution in [0.15, 0.2) is 0 Å². The van der Waals surface area contributed by atoms with Crippen molar-refractivity contribution in [2.45, 2.75) is 57.5 Å².